The van der Waals surface area contributed by atoms with Crippen LogP contribution in [-0.2, 0) is 23.9 Å². The van der Waals surface area contributed by atoms with Crippen LogP contribution in [0.3, 0.4) is 0 Å². The van der Waals surface area contributed by atoms with Gasteiger partial charge in [0.05, 0.1) is 6.61 Å². The molecule has 0 saturated carbocycles. The van der Waals surface area contributed by atoms with E-state index in [0.29, 0.717) is 25.3 Å². The zero-order valence-corrected chi connectivity index (χ0v) is 10.5. The summed E-state index contributed by atoms with van der Waals surface area (Å²) in [6.07, 6.45) is 2.10. The zero-order chi connectivity index (χ0) is 14.0. The van der Waals surface area contributed by atoms with Crippen LogP contribution < -0.4 is 0 Å². The third kappa shape index (κ3) is 7.43. The number of carboxylic acid groups (broad SMARTS) is 1. The number of hydrogen-bond acceptors (Lipinski definition) is 5. The molecule has 0 rings (SSSR count). The Morgan fingerprint density at radius 3 is 2.33 bits per heavy atom. The topological polar surface area (TPSA) is 89.9 Å². The highest BCUT2D eigenvalue weighted by atomic mass is 16.6. The summed E-state index contributed by atoms with van der Waals surface area (Å²) in [5.41, 5.74) is 0. The lowest BCUT2D eigenvalue weighted by Gasteiger charge is -2.14. The second-order valence-electron chi connectivity index (χ2n) is 3.55. The van der Waals surface area contributed by atoms with E-state index in [1.165, 1.54) is 0 Å². The molecule has 0 saturated heterocycles. The largest absolute Gasteiger partial charge is 0.478 e. The van der Waals surface area contributed by atoms with E-state index in [1.807, 2.05) is 13.8 Å². The summed E-state index contributed by atoms with van der Waals surface area (Å²) in [5, 5.41) is 8.34. The van der Waals surface area contributed by atoms with Crippen LogP contribution in [-0.4, -0.2) is 35.7 Å². The molecule has 0 fully saturated rings. The Bertz CT molecular complexity index is 321. The summed E-state index contributed by atoms with van der Waals surface area (Å²) >= 11 is 0. The van der Waals surface area contributed by atoms with Crippen molar-refractivity contribution in [3.05, 3.63) is 12.2 Å². The van der Waals surface area contributed by atoms with Crippen molar-refractivity contribution in [1.29, 1.82) is 0 Å². The van der Waals surface area contributed by atoms with Crippen LogP contribution in [0.4, 0.5) is 0 Å². The van der Waals surface area contributed by atoms with Gasteiger partial charge in [-0.05, 0) is 12.8 Å². The predicted molar refractivity (Wildman–Crippen MR) is 62.8 cm³/mol. The summed E-state index contributed by atoms with van der Waals surface area (Å²) < 4.78 is 9.71. The Morgan fingerprint density at radius 2 is 1.83 bits per heavy atom. The highest BCUT2D eigenvalue weighted by Gasteiger charge is 2.22. The molecule has 0 radical (unpaired) electrons. The number of rotatable bonds is 8. The van der Waals surface area contributed by atoms with E-state index in [-0.39, 0.29) is 6.61 Å². The summed E-state index contributed by atoms with van der Waals surface area (Å²) in [4.78, 5) is 33.0. The van der Waals surface area contributed by atoms with Gasteiger partial charge in [-0.1, -0.05) is 20.3 Å². The van der Waals surface area contributed by atoms with Gasteiger partial charge in [0, 0.05) is 12.2 Å². The third-order valence-electron chi connectivity index (χ3n) is 1.88. The van der Waals surface area contributed by atoms with Crippen LogP contribution in [0, 0.1) is 0 Å². The third-order valence-corrected chi connectivity index (χ3v) is 1.88. The molecule has 1 atom stereocenters. The van der Waals surface area contributed by atoms with Gasteiger partial charge in [0.2, 0.25) is 0 Å². The lowest BCUT2D eigenvalue weighted by Crippen LogP contribution is -2.28. The normalized spacial score (nSPS) is 12.1. The Balaban J connectivity index is 4.38. The van der Waals surface area contributed by atoms with E-state index in [9.17, 15) is 14.4 Å². The Morgan fingerprint density at radius 1 is 1.17 bits per heavy atom. The van der Waals surface area contributed by atoms with Crippen molar-refractivity contribution in [3.63, 3.8) is 0 Å². The van der Waals surface area contributed by atoms with Crippen LogP contribution in [0.2, 0.25) is 0 Å². The first-order valence-corrected chi connectivity index (χ1v) is 5.79. The second-order valence-corrected chi connectivity index (χ2v) is 3.55. The van der Waals surface area contributed by atoms with Gasteiger partial charge in [-0.15, -0.1) is 0 Å². The quantitative estimate of drug-likeness (QED) is 0.521. The maximum atomic E-state index is 11.5. The highest BCUT2D eigenvalue weighted by molar-refractivity contribution is 5.92. The molecule has 18 heavy (non-hydrogen) atoms. The molecule has 0 amide bonds. The van der Waals surface area contributed by atoms with Gasteiger partial charge >= 0.3 is 17.9 Å². The fourth-order valence-electron chi connectivity index (χ4n) is 1.10. The number of carboxylic acids is 1. The van der Waals surface area contributed by atoms with Gasteiger partial charge in [-0.25, -0.2) is 14.4 Å². The van der Waals surface area contributed by atoms with Crippen molar-refractivity contribution in [2.75, 3.05) is 6.61 Å². The van der Waals surface area contributed by atoms with Crippen molar-refractivity contribution in [2.45, 2.75) is 39.2 Å². The Kier molecular flexibility index (Phi) is 8.26. The molecule has 0 aliphatic heterocycles. The second kappa shape index (κ2) is 9.21. The predicted octanol–water partition coefficient (Wildman–Crippen LogP) is 1.29. The van der Waals surface area contributed by atoms with Crippen molar-refractivity contribution in [3.8, 4) is 0 Å². The maximum absolute atomic E-state index is 11.5. The summed E-state index contributed by atoms with van der Waals surface area (Å²) in [6, 6.07) is 0. The van der Waals surface area contributed by atoms with Crippen molar-refractivity contribution < 1.29 is 29.0 Å². The summed E-state index contributed by atoms with van der Waals surface area (Å²) in [6.45, 7) is 3.95. The van der Waals surface area contributed by atoms with E-state index in [2.05, 4.69) is 0 Å². The molecule has 6 heteroatoms. The molecule has 6 nitrogen and oxygen atoms in total. The van der Waals surface area contributed by atoms with Gasteiger partial charge < -0.3 is 14.6 Å². The first kappa shape index (κ1) is 16.1. The molecule has 0 aromatic rings. The van der Waals surface area contributed by atoms with Gasteiger partial charge in [-0.2, -0.15) is 0 Å². The maximum Gasteiger partial charge on any atom is 0.347 e. The molecule has 0 spiro atoms. The van der Waals surface area contributed by atoms with Gasteiger partial charge in [0.25, 0.3) is 0 Å². The molecule has 0 aliphatic carbocycles. The monoisotopic (exact) mass is 258 g/mol. The summed E-state index contributed by atoms with van der Waals surface area (Å²) in [7, 11) is 0. The van der Waals surface area contributed by atoms with E-state index in [4.69, 9.17) is 14.6 Å². The standard InChI is InChI=1S/C12H18O6/c1-3-5-9(12(16)17-8-4-2)18-11(15)7-6-10(13)14/h6-7,9H,3-5,8H2,1-2H3,(H,13,14)/b7-6+. The van der Waals surface area contributed by atoms with Crippen molar-refractivity contribution in [1.82, 2.24) is 0 Å². The van der Waals surface area contributed by atoms with E-state index in [0.717, 1.165) is 6.08 Å². The Hall–Kier alpha value is -1.85. The van der Waals surface area contributed by atoms with Crippen LogP contribution in [0.15, 0.2) is 12.2 Å². The number of aliphatic carboxylic acids is 1. The smallest absolute Gasteiger partial charge is 0.347 e. The van der Waals surface area contributed by atoms with Gasteiger partial charge in [-0.3, -0.25) is 0 Å². The van der Waals surface area contributed by atoms with Crippen molar-refractivity contribution >= 4 is 17.9 Å². The molecule has 1 N–H and O–H groups in total. The molecular formula is C12H18O6. The van der Waals surface area contributed by atoms with Crippen LogP contribution in [0.25, 0.3) is 0 Å². The van der Waals surface area contributed by atoms with E-state index in [1.54, 1.807) is 0 Å². The lowest BCUT2D eigenvalue weighted by atomic mass is 10.2. The number of esters is 2. The first-order valence-electron chi connectivity index (χ1n) is 5.79. The lowest BCUT2D eigenvalue weighted by molar-refractivity contribution is -0.165. The van der Waals surface area contributed by atoms with Crippen LogP contribution >= 0.6 is 0 Å². The minimum absolute atomic E-state index is 0.265. The van der Waals surface area contributed by atoms with Crippen molar-refractivity contribution in [2.24, 2.45) is 0 Å². The van der Waals surface area contributed by atoms with E-state index < -0.39 is 24.0 Å². The van der Waals surface area contributed by atoms with Crippen LogP contribution in [0.1, 0.15) is 33.1 Å². The number of ether oxygens (including phenoxy) is 2. The van der Waals surface area contributed by atoms with E-state index >= 15 is 0 Å². The minimum Gasteiger partial charge on any atom is -0.478 e. The van der Waals surface area contributed by atoms with Gasteiger partial charge in [0.15, 0.2) is 6.10 Å². The Labute approximate surface area is 106 Å². The molecule has 1 unspecified atom stereocenters. The highest BCUT2D eigenvalue weighted by Crippen LogP contribution is 2.06. The molecule has 0 aromatic heterocycles. The average Bonchev–Trinajstić information content (AvgIpc) is 2.32. The molecule has 0 bridgehead atoms. The first-order chi connectivity index (χ1) is 8.51. The molecule has 0 heterocycles. The number of carbonyl (C=O) groups is 3. The molecular weight excluding hydrogens is 240 g/mol. The fourth-order valence-corrected chi connectivity index (χ4v) is 1.10. The fraction of sp³-hybridized carbons (Fsp3) is 0.583. The molecule has 102 valence electrons. The molecule has 0 aromatic carbocycles. The van der Waals surface area contributed by atoms with Gasteiger partial charge in [0.1, 0.15) is 0 Å². The number of hydrogen-bond donors (Lipinski definition) is 1. The summed E-state index contributed by atoms with van der Waals surface area (Å²) in [5.74, 6) is -2.73. The minimum atomic E-state index is -1.26. The average molecular weight is 258 g/mol. The van der Waals surface area contributed by atoms with Crippen LogP contribution in [0.5, 0.6) is 0 Å². The number of carbonyl (C=O) groups excluding carboxylic acids is 2. The molecule has 0 aliphatic rings. The SMILES string of the molecule is CCCOC(=O)C(CCC)OC(=O)/C=C/C(=O)O. The zero-order valence-electron chi connectivity index (χ0n) is 10.5.